The molecule has 2 rings (SSSR count). The van der Waals surface area contributed by atoms with E-state index in [2.05, 4.69) is 50.0 Å². The van der Waals surface area contributed by atoms with Gasteiger partial charge in [0.2, 0.25) is 0 Å². The van der Waals surface area contributed by atoms with Crippen LogP contribution >= 0.6 is 0 Å². The molecule has 19 heavy (non-hydrogen) atoms. The van der Waals surface area contributed by atoms with Crippen LogP contribution in [0.4, 0.5) is 0 Å². The molecule has 0 spiro atoms. The zero-order valence-corrected chi connectivity index (χ0v) is 13.4. The number of hydrogen-bond acceptors (Lipinski definition) is 3. The lowest BCUT2D eigenvalue weighted by Crippen LogP contribution is -2.43. The maximum absolute atomic E-state index is 4.58. The van der Waals surface area contributed by atoms with Crippen molar-refractivity contribution in [2.75, 3.05) is 0 Å². The smallest absolute Gasteiger partial charge is 0.0950 e. The van der Waals surface area contributed by atoms with Gasteiger partial charge in [-0.2, -0.15) is 5.11 Å². The molecule has 1 heterocycles. The average molecular weight is 265 g/mol. The highest BCUT2D eigenvalue weighted by atomic mass is 15.6. The van der Waals surface area contributed by atoms with Gasteiger partial charge in [0, 0.05) is 6.04 Å². The maximum atomic E-state index is 4.58. The van der Waals surface area contributed by atoms with E-state index in [9.17, 15) is 0 Å². The third kappa shape index (κ3) is 3.11. The zero-order valence-electron chi connectivity index (χ0n) is 13.4. The van der Waals surface area contributed by atoms with Crippen LogP contribution in [0.3, 0.4) is 0 Å². The Morgan fingerprint density at radius 2 is 1.84 bits per heavy atom. The molecule has 0 aromatic rings. The number of rotatable bonds is 2. The van der Waals surface area contributed by atoms with E-state index in [4.69, 9.17) is 0 Å². The molecule has 0 radical (unpaired) electrons. The van der Waals surface area contributed by atoms with Crippen LogP contribution < -0.4 is 0 Å². The first-order chi connectivity index (χ1) is 8.94. The van der Waals surface area contributed by atoms with Crippen LogP contribution in [0.25, 0.3) is 0 Å². The van der Waals surface area contributed by atoms with Crippen molar-refractivity contribution < 1.29 is 0 Å². The number of fused-ring (bicyclic) bond motifs is 1. The van der Waals surface area contributed by atoms with Crippen LogP contribution in [0.2, 0.25) is 0 Å². The molecule has 3 atom stereocenters. The summed E-state index contributed by atoms with van der Waals surface area (Å²) < 4.78 is 0. The quantitative estimate of drug-likeness (QED) is 0.702. The van der Waals surface area contributed by atoms with Gasteiger partial charge in [-0.1, -0.05) is 45.3 Å². The molecule has 1 saturated carbocycles. The molecule has 0 N–H and O–H groups in total. The lowest BCUT2D eigenvalue weighted by molar-refractivity contribution is 0.0855. The van der Waals surface area contributed by atoms with E-state index in [1.807, 2.05) is 0 Å². The first kappa shape index (κ1) is 14.8. The molecule has 0 saturated heterocycles. The van der Waals surface area contributed by atoms with Crippen molar-refractivity contribution in [3.05, 3.63) is 0 Å². The minimum atomic E-state index is 0.440. The molecule has 0 aromatic heterocycles. The van der Waals surface area contributed by atoms with Gasteiger partial charge < -0.3 is 0 Å². The summed E-state index contributed by atoms with van der Waals surface area (Å²) in [5.74, 6) is 0.737. The van der Waals surface area contributed by atoms with Crippen molar-refractivity contribution >= 4 is 0 Å². The largest absolute Gasteiger partial charge is 0.271 e. The number of nitrogens with zero attached hydrogens (tertiary/aromatic N) is 3. The molecule has 3 nitrogen and oxygen atoms in total. The van der Waals surface area contributed by atoms with Gasteiger partial charge in [0.25, 0.3) is 0 Å². The SMILES string of the molecule is CC(C)N1N=NC2CCCCCC(C)(C(C)C)CC21. The Balaban J connectivity index is 2.20. The molecule has 0 amide bonds. The lowest BCUT2D eigenvalue weighted by Gasteiger charge is -2.39. The zero-order chi connectivity index (χ0) is 14.0. The summed E-state index contributed by atoms with van der Waals surface area (Å²) in [6.45, 7) is 11.7. The minimum absolute atomic E-state index is 0.440. The van der Waals surface area contributed by atoms with Crippen molar-refractivity contribution in [1.29, 1.82) is 0 Å². The first-order valence-corrected chi connectivity index (χ1v) is 8.13. The van der Waals surface area contributed by atoms with E-state index in [-0.39, 0.29) is 0 Å². The third-order valence-electron chi connectivity index (χ3n) is 5.43. The van der Waals surface area contributed by atoms with Crippen molar-refractivity contribution in [2.45, 2.75) is 91.3 Å². The van der Waals surface area contributed by atoms with Crippen LogP contribution in [-0.4, -0.2) is 23.1 Å². The molecule has 2 aliphatic rings. The summed E-state index contributed by atoms with van der Waals surface area (Å²) in [7, 11) is 0. The van der Waals surface area contributed by atoms with E-state index in [1.165, 1.54) is 38.5 Å². The van der Waals surface area contributed by atoms with Gasteiger partial charge in [0.15, 0.2) is 0 Å². The summed E-state index contributed by atoms with van der Waals surface area (Å²) in [6, 6.07) is 1.44. The Bertz CT molecular complexity index is 324. The van der Waals surface area contributed by atoms with Crippen LogP contribution in [0.15, 0.2) is 10.3 Å². The van der Waals surface area contributed by atoms with Gasteiger partial charge in [0.1, 0.15) is 0 Å². The fourth-order valence-electron chi connectivity index (χ4n) is 3.57. The molecule has 0 aromatic carbocycles. The van der Waals surface area contributed by atoms with Gasteiger partial charge in [-0.15, -0.1) is 0 Å². The van der Waals surface area contributed by atoms with Crippen LogP contribution in [0, 0.1) is 11.3 Å². The van der Waals surface area contributed by atoms with Crippen molar-refractivity contribution in [2.24, 2.45) is 21.7 Å². The van der Waals surface area contributed by atoms with Gasteiger partial charge in [-0.05, 0) is 44.4 Å². The normalized spacial score (nSPS) is 36.3. The fraction of sp³-hybridized carbons (Fsp3) is 1.00. The molecule has 3 heteroatoms. The summed E-state index contributed by atoms with van der Waals surface area (Å²) in [4.78, 5) is 0. The monoisotopic (exact) mass is 265 g/mol. The van der Waals surface area contributed by atoms with E-state index in [0.29, 0.717) is 23.5 Å². The summed E-state index contributed by atoms with van der Waals surface area (Å²) in [5.41, 5.74) is 0.440. The second-order valence-corrected chi connectivity index (χ2v) is 7.43. The molecule has 0 bridgehead atoms. The van der Waals surface area contributed by atoms with E-state index in [1.54, 1.807) is 0 Å². The van der Waals surface area contributed by atoms with E-state index in [0.717, 1.165) is 5.92 Å². The molecular weight excluding hydrogens is 234 g/mol. The topological polar surface area (TPSA) is 28.0 Å². The van der Waals surface area contributed by atoms with Crippen LogP contribution in [0.1, 0.15) is 73.1 Å². The summed E-state index contributed by atoms with van der Waals surface area (Å²) >= 11 is 0. The Morgan fingerprint density at radius 3 is 2.47 bits per heavy atom. The maximum Gasteiger partial charge on any atom is 0.0950 e. The minimum Gasteiger partial charge on any atom is -0.271 e. The van der Waals surface area contributed by atoms with Crippen molar-refractivity contribution in [1.82, 2.24) is 5.01 Å². The first-order valence-electron chi connectivity index (χ1n) is 8.13. The van der Waals surface area contributed by atoms with E-state index >= 15 is 0 Å². The predicted molar refractivity (Wildman–Crippen MR) is 80.1 cm³/mol. The summed E-state index contributed by atoms with van der Waals surface area (Å²) in [6.07, 6.45) is 7.90. The van der Waals surface area contributed by atoms with Crippen molar-refractivity contribution in [3.8, 4) is 0 Å². The summed E-state index contributed by atoms with van der Waals surface area (Å²) in [5, 5.41) is 11.3. The highest BCUT2D eigenvalue weighted by Crippen LogP contribution is 2.43. The molecule has 1 aliphatic heterocycles. The predicted octanol–water partition coefficient (Wildman–Crippen LogP) is 4.83. The van der Waals surface area contributed by atoms with Gasteiger partial charge in [-0.3, -0.25) is 5.01 Å². The second-order valence-electron chi connectivity index (χ2n) is 7.43. The Morgan fingerprint density at radius 1 is 1.11 bits per heavy atom. The van der Waals surface area contributed by atoms with Crippen molar-refractivity contribution in [3.63, 3.8) is 0 Å². The third-order valence-corrected chi connectivity index (χ3v) is 5.43. The fourth-order valence-corrected chi connectivity index (χ4v) is 3.57. The van der Waals surface area contributed by atoms with Crippen LogP contribution in [0.5, 0.6) is 0 Å². The molecule has 110 valence electrons. The molecule has 1 fully saturated rings. The van der Waals surface area contributed by atoms with Gasteiger partial charge in [0.05, 0.1) is 12.1 Å². The Kier molecular flexibility index (Phi) is 4.52. The lowest BCUT2D eigenvalue weighted by atomic mass is 9.70. The standard InChI is InChI=1S/C16H31N3/c1-12(2)16(5)10-8-6-7-9-14-15(11-16)19(13(3)4)18-17-14/h12-15H,6-11H2,1-5H3. The van der Waals surface area contributed by atoms with Gasteiger partial charge in [-0.25, -0.2) is 0 Å². The highest BCUT2D eigenvalue weighted by molar-refractivity contribution is 4.94. The number of hydrogen-bond donors (Lipinski definition) is 0. The van der Waals surface area contributed by atoms with E-state index < -0.39 is 0 Å². The Labute approximate surface area is 118 Å². The average Bonchev–Trinajstić information content (AvgIpc) is 2.72. The van der Waals surface area contributed by atoms with Crippen LogP contribution in [-0.2, 0) is 0 Å². The molecule has 1 aliphatic carbocycles. The molecular formula is C16H31N3. The molecule has 3 unspecified atom stereocenters. The second kappa shape index (κ2) is 5.80. The van der Waals surface area contributed by atoms with Gasteiger partial charge >= 0.3 is 0 Å². The highest BCUT2D eigenvalue weighted by Gasteiger charge is 2.41. The Hall–Kier alpha value is -0.600.